The van der Waals surface area contributed by atoms with Gasteiger partial charge in [0.2, 0.25) is 5.91 Å². The van der Waals surface area contributed by atoms with Gasteiger partial charge in [0, 0.05) is 37.8 Å². The zero-order valence-corrected chi connectivity index (χ0v) is 29.5. The molecule has 1 aromatic rings. The number of ether oxygens (including phenoxy) is 4. The number of hydrogen-bond acceptors (Lipinski definition) is 13. The van der Waals surface area contributed by atoms with Gasteiger partial charge in [0.25, 0.3) is 5.91 Å². The van der Waals surface area contributed by atoms with Crippen molar-refractivity contribution in [1.82, 2.24) is 26.3 Å². The number of hydrogen-bond donors (Lipinski definition) is 8. The van der Waals surface area contributed by atoms with Crippen molar-refractivity contribution in [1.29, 1.82) is 0 Å². The third-order valence-corrected chi connectivity index (χ3v) is 6.64. The van der Waals surface area contributed by atoms with Gasteiger partial charge in [-0.25, -0.2) is 19.4 Å². The normalized spacial score (nSPS) is 11.8. The standard InChI is InChI=1S/C32H51N7O13/c1-22(2)38-39-26-8-6-23(21-35-26)29(43)34-12-14-50-16-18-52-20-19-51-17-15-49-13-10-27(40)33-11-4-3-5-24(30(44)45)36-32(48)37-25(31(46)47)7-9-28(41)42/h6,8,21,24-25H,3-5,7,9-20H2,1-2H3,(H,33,40)(H,34,43)(H,35,39)(H,41,42)(H,44,45)(H,46,47)(H2,36,37,48)/t24-,25-/m0/s1. The Morgan fingerprint density at radius 2 is 1.29 bits per heavy atom. The highest BCUT2D eigenvalue weighted by Gasteiger charge is 2.24. The molecule has 0 unspecified atom stereocenters. The molecule has 0 radical (unpaired) electrons. The summed E-state index contributed by atoms with van der Waals surface area (Å²) in [7, 11) is 0. The molecule has 52 heavy (non-hydrogen) atoms. The van der Waals surface area contributed by atoms with Crippen LogP contribution in [-0.4, -0.2) is 140 Å². The molecule has 4 amide bonds. The molecule has 0 aliphatic carbocycles. The zero-order valence-electron chi connectivity index (χ0n) is 29.5. The maximum absolute atomic E-state index is 12.2. The van der Waals surface area contributed by atoms with Crippen LogP contribution in [0.3, 0.4) is 0 Å². The Bertz CT molecular complexity index is 1280. The first-order valence-corrected chi connectivity index (χ1v) is 16.7. The molecular weight excluding hydrogens is 690 g/mol. The Hall–Kier alpha value is -4.92. The van der Waals surface area contributed by atoms with Gasteiger partial charge in [-0.05, 0) is 51.7 Å². The summed E-state index contributed by atoms with van der Waals surface area (Å²) < 4.78 is 21.7. The molecule has 292 valence electrons. The number of urea groups is 1. The minimum Gasteiger partial charge on any atom is -0.481 e. The van der Waals surface area contributed by atoms with Crippen LogP contribution in [0.2, 0.25) is 0 Å². The summed E-state index contributed by atoms with van der Waals surface area (Å²) in [5, 5.41) is 40.9. The van der Waals surface area contributed by atoms with Crippen molar-refractivity contribution < 1.29 is 63.0 Å². The first-order valence-electron chi connectivity index (χ1n) is 16.7. The molecule has 1 rings (SSSR count). The van der Waals surface area contributed by atoms with Crippen LogP contribution in [0.25, 0.3) is 0 Å². The first-order chi connectivity index (χ1) is 24.9. The summed E-state index contributed by atoms with van der Waals surface area (Å²) in [5.74, 6) is -3.97. The topological polar surface area (TPSA) is 285 Å². The number of anilines is 1. The number of hydrazone groups is 1. The minimum absolute atomic E-state index is 0.0259. The maximum Gasteiger partial charge on any atom is 0.326 e. The van der Waals surface area contributed by atoms with E-state index in [-0.39, 0.29) is 50.8 Å². The molecule has 0 aliphatic heterocycles. The average molecular weight is 742 g/mol. The van der Waals surface area contributed by atoms with Crippen molar-refractivity contribution in [3.05, 3.63) is 23.9 Å². The Morgan fingerprint density at radius 1 is 0.712 bits per heavy atom. The lowest BCUT2D eigenvalue weighted by Crippen LogP contribution is -2.51. The predicted octanol–water partition coefficient (Wildman–Crippen LogP) is 0.433. The highest BCUT2D eigenvalue weighted by atomic mass is 16.6. The lowest BCUT2D eigenvalue weighted by Gasteiger charge is -2.18. The maximum atomic E-state index is 12.2. The lowest BCUT2D eigenvalue weighted by atomic mass is 10.1. The van der Waals surface area contributed by atoms with Crippen molar-refractivity contribution in [2.75, 3.05) is 71.4 Å². The van der Waals surface area contributed by atoms with E-state index in [1.165, 1.54) is 6.20 Å². The molecule has 20 heteroatoms. The number of carbonyl (C=O) groups excluding carboxylic acids is 3. The van der Waals surface area contributed by atoms with E-state index in [9.17, 15) is 33.9 Å². The van der Waals surface area contributed by atoms with Gasteiger partial charge in [-0.1, -0.05) is 0 Å². The van der Waals surface area contributed by atoms with Gasteiger partial charge in [0.05, 0.1) is 58.4 Å². The predicted molar refractivity (Wildman–Crippen MR) is 185 cm³/mol. The molecule has 8 N–H and O–H groups in total. The van der Waals surface area contributed by atoms with Gasteiger partial charge in [-0.2, -0.15) is 5.10 Å². The molecule has 1 heterocycles. The number of rotatable bonds is 30. The van der Waals surface area contributed by atoms with Crippen molar-refractivity contribution >= 4 is 47.3 Å². The molecule has 1 aromatic heterocycles. The van der Waals surface area contributed by atoms with Crippen LogP contribution in [0, 0.1) is 0 Å². The largest absolute Gasteiger partial charge is 0.481 e. The fourth-order valence-electron chi connectivity index (χ4n) is 3.96. The second kappa shape index (κ2) is 27.8. The molecule has 0 bridgehead atoms. The van der Waals surface area contributed by atoms with Crippen molar-refractivity contribution in [3.8, 4) is 0 Å². The summed E-state index contributed by atoms with van der Waals surface area (Å²) in [6.45, 7) is 6.86. The van der Waals surface area contributed by atoms with Gasteiger partial charge in [-0.15, -0.1) is 0 Å². The van der Waals surface area contributed by atoms with Crippen LogP contribution >= 0.6 is 0 Å². The Kier molecular flexibility index (Phi) is 24.1. The second-order valence-electron chi connectivity index (χ2n) is 11.2. The summed E-state index contributed by atoms with van der Waals surface area (Å²) >= 11 is 0. The highest BCUT2D eigenvalue weighted by molar-refractivity contribution is 5.94. The molecule has 0 saturated carbocycles. The molecule has 0 spiro atoms. The number of carboxylic acids is 3. The van der Waals surface area contributed by atoms with Crippen molar-refractivity contribution in [2.45, 2.75) is 64.5 Å². The van der Waals surface area contributed by atoms with Crippen LogP contribution in [0.15, 0.2) is 23.4 Å². The zero-order chi connectivity index (χ0) is 38.6. The Morgan fingerprint density at radius 3 is 1.83 bits per heavy atom. The van der Waals surface area contributed by atoms with E-state index in [4.69, 9.17) is 29.2 Å². The number of pyridine rings is 1. The fourth-order valence-corrected chi connectivity index (χ4v) is 3.96. The molecule has 0 fully saturated rings. The van der Waals surface area contributed by atoms with E-state index >= 15 is 0 Å². The molecule has 0 saturated heterocycles. The summed E-state index contributed by atoms with van der Waals surface area (Å²) in [5.41, 5.74) is 4.06. The number of unbranched alkanes of at least 4 members (excludes halogenated alkanes) is 1. The third kappa shape index (κ3) is 23.5. The third-order valence-electron chi connectivity index (χ3n) is 6.64. The van der Waals surface area contributed by atoms with Gasteiger partial charge in [0.15, 0.2) is 0 Å². The number of nitrogens with one attached hydrogen (secondary N) is 5. The summed E-state index contributed by atoms with van der Waals surface area (Å²) in [4.78, 5) is 73.7. The van der Waals surface area contributed by atoms with Crippen LogP contribution < -0.4 is 26.7 Å². The van der Waals surface area contributed by atoms with Gasteiger partial charge in [-0.3, -0.25) is 19.8 Å². The molecule has 20 nitrogen and oxygen atoms in total. The van der Waals surface area contributed by atoms with Crippen LogP contribution in [0.4, 0.5) is 10.6 Å². The van der Waals surface area contributed by atoms with Crippen LogP contribution in [-0.2, 0) is 38.1 Å². The smallest absolute Gasteiger partial charge is 0.326 e. The number of aromatic nitrogens is 1. The van der Waals surface area contributed by atoms with E-state index in [1.807, 2.05) is 13.8 Å². The van der Waals surface area contributed by atoms with E-state index in [0.29, 0.717) is 70.4 Å². The van der Waals surface area contributed by atoms with Gasteiger partial charge >= 0.3 is 23.9 Å². The van der Waals surface area contributed by atoms with E-state index in [2.05, 4.69) is 36.8 Å². The summed E-state index contributed by atoms with van der Waals surface area (Å²) in [6.07, 6.45) is 1.53. The van der Waals surface area contributed by atoms with Gasteiger partial charge < -0.3 is 55.5 Å². The van der Waals surface area contributed by atoms with Crippen molar-refractivity contribution in [3.63, 3.8) is 0 Å². The summed E-state index contributed by atoms with van der Waals surface area (Å²) in [6, 6.07) is -0.517. The second-order valence-corrected chi connectivity index (χ2v) is 11.2. The number of aliphatic carboxylic acids is 3. The van der Waals surface area contributed by atoms with Crippen LogP contribution in [0.1, 0.15) is 62.7 Å². The number of nitrogens with zero attached hydrogens (tertiary/aromatic N) is 2. The lowest BCUT2D eigenvalue weighted by molar-refractivity contribution is -0.140. The molecule has 0 aliphatic rings. The molecule has 0 aromatic carbocycles. The molecule has 2 atom stereocenters. The average Bonchev–Trinajstić information content (AvgIpc) is 3.09. The Labute approximate surface area is 301 Å². The number of amides is 4. The first kappa shape index (κ1) is 45.1. The molecular formula is C32H51N7O13. The Balaban J connectivity index is 1.98. The highest BCUT2D eigenvalue weighted by Crippen LogP contribution is 2.06. The number of carboxylic acid groups (broad SMARTS) is 3. The van der Waals surface area contributed by atoms with E-state index < -0.39 is 42.4 Å². The fraction of sp³-hybridized carbons (Fsp3) is 0.625. The van der Waals surface area contributed by atoms with Crippen LogP contribution in [0.5, 0.6) is 0 Å². The van der Waals surface area contributed by atoms with Crippen molar-refractivity contribution in [2.24, 2.45) is 5.10 Å². The van der Waals surface area contributed by atoms with E-state index in [1.54, 1.807) is 12.1 Å². The van der Waals surface area contributed by atoms with Gasteiger partial charge in [0.1, 0.15) is 17.9 Å². The number of carbonyl (C=O) groups is 6. The quantitative estimate of drug-likeness (QED) is 0.0301. The SMILES string of the molecule is CC(C)=NNc1ccc(C(=O)NCCOCCOCCOCCOCCC(=O)NCCCC[C@H](NC(=O)N[C@@H](CCC(=O)O)C(=O)O)C(=O)O)cn1. The monoisotopic (exact) mass is 741 g/mol. The van der Waals surface area contributed by atoms with E-state index in [0.717, 1.165) is 5.71 Å². The minimum atomic E-state index is -1.49.